The second-order valence-electron chi connectivity index (χ2n) is 3.19. The number of nitrogens with one attached hydrogen (secondary N) is 1. The molecule has 6 nitrogen and oxygen atoms in total. The number of carbonyl (C=O) groups is 2. The number of carbonyl (C=O) groups excluding carboxylic acids is 2. The van der Waals surface area contributed by atoms with Crippen molar-refractivity contribution in [3.63, 3.8) is 0 Å². The minimum atomic E-state index is -0.532. The maximum Gasteiger partial charge on any atom is 0.356 e. The molecule has 1 aromatic heterocycles. The highest BCUT2D eigenvalue weighted by Gasteiger charge is 2.11. The lowest BCUT2D eigenvalue weighted by atomic mass is 10.2. The highest BCUT2D eigenvalue weighted by molar-refractivity contribution is 5.88. The summed E-state index contributed by atoms with van der Waals surface area (Å²) >= 11 is 0. The van der Waals surface area contributed by atoms with Gasteiger partial charge in [0.2, 0.25) is 5.91 Å². The standard InChI is InChI=1S/C10H13N3O3/c1-6(9(11)14)13-7-3-4-12-8(5-7)10(15)16-2/h3-6H,1-2H3,(H2,11,14)(H,12,13). The number of primary amides is 1. The van der Waals surface area contributed by atoms with Crippen LogP contribution in [0.5, 0.6) is 0 Å². The number of rotatable bonds is 4. The molecule has 0 bridgehead atoms. The molecule has 1 rings (SSSR count). The van der Waals surface area contributed by atoms with E-state index in [1.165, 1.54) is 19.4 Å². The van der Waals surface area contributed by atoms with Gasteiger partial charge in [-0.2, -0.15) is 0 Å². The highest BCUT2D eigenvalue weighted by Crippen LogP contribution is 2.10. The van der Waals surface area contributed by atoms with Crippen molar-refractivity contribution in [3.8, 4) is 0 Å². The van der Waals surface area contributed by atoms with Crippen LogP contribution in [0.25, 0.3) is 0 Å². The molecule has 0 aliphatic carbocycles. The van der Waals surface area contributed by atoms with Gasteiger partial charge in [-0.15, -0.1) is 0 Å². The summed E-state index contributed by atoms with van der Waals surface area (Å²) in [6.45, 7) is 1.63. The molecule has 0 aliphatic rings. The molecule has 3 N–H and O–H groups in total. The topological polar surface area (TPSA) is 94.3 Å². The first kappa shape index (κ1) is 12.0. The van der Waals surface area contributed by atoms with E-state index in [1.807, 2.05) is 0 Å². The van der Waals surface area contributed by atoms with Crippen molar-refractivity contribution in [2.24, 2.45) is 5.73 Å². The number of aromatic nitrogens is 1. The summed E-state index contributed by atoms with van der Waals surface area (Å²) in [6.07, 6.45) is 1.45. The molecular formula is C10H13N3O3. The van der Waals surface area contributed by atoms with E-state index in [9.17, 15) is 9.59 Å². The Morgan fingerprint density at radius 3 is 2.81 bits per heavy atom. The number of pyridine rings is 1. The van der Waals surface area contributed by atoms with E-state index in [0.29, 0.717) is 5.69 Å². The van der Waals surface area contributed by atoms with Gasteiger partial charge in [0.1, 0.15) is 11.7 Å². The molecule has 0 fully saturated rings. The van der Waals surface area contributed by atoms with Crippen molar-refractivity contribution >= 4 is 17.6 Å². The van der Waals surface area contributed by atoms with Crippen LogP contribution in [-0.2, 0) is 9.53 Å². The van der Waals surface area contributed by atoms with Crippen molar-refractivity contribution in [1.29, 1.82) is 0 Å². The van der Waals surface area contributed by atoms with Gasteiger partial charge in [-0.25, -0.2) is 9.78 Å². The van der Waals surface area contributed by atoms with Gasteiger partial charge in [-0.05, 0) is 19.1 Å². The molecule has 0 aromatic carbocycles. The van der Waals surface area contributed by atoms with Crippen molar-refractivity contribution in [2.45, 2.75) is 13.0 Å². The Morgan fingerprint density at radius 1 is 1.56 bits per heavy atom. The van der Waals surface area contributed by atoms with Gasteiger partial charge in [0.15, 0.2) is 0 Å². The van der Waals surface area contributed by atoms with Crippen LogP contribution in [0, 0.1) is 0 Å². The fourth-order valence-electron chi connectivity index (χ4n) is 1.06. The Kier molecular flexibility index (Phi) is 3.82. The molecule has 6 heteroatoms. The third-order valence-corrected chi connectivity index (χ3v) is 1.96. The monoisotopic (exact) mass is 223 g/mol. The first-order valence-electron chi connectivity index (χ1n) is 4.65. The molecular weight excluding hydrogens is 210 g/mol. The predicted molar refractivity (Wildman–Crippen MR) is 57.9 cm³/mol. The van der Waals surface area contributed by atoms with E-state index in [1.54, 1.807) is 13.0 Å². The summed E-state index contributed by atoms with van der Waals surface area (Å²) in [5, 5.41) is 2.84. The minimum Gasteiger partial charge on any atom is -0.464 e. The Balaban J connectivity index is 2.82. The third kappa shape index (κ3) is 2.94. The van der Waals surface area contributed by atoms with E-state index >= 15 is 0 Å². The molecule has 1 heterocycles. The zero-order valence-corrected chi connectivity index (χ0v) is 9.06. The molecule has 1 aromatic rings. The Hall–Kier alpha value is -2.11. The van der Waals surface area contributed by atoms with E-state index in [2.05, 4.69) is 15.0 Å². The van der Waals surface area contributed by atoms with Gasteiger partial charge in [0.25, 0.3) is 0 Å². The smallest absolute Gasteiger partial charge is 0.356 e. The number of hydrogen-bond acceptors (Lipinski definition) is 5. The van der Waals surface area contributed by atoms with Crippen LogP contribution in [0.4, 0.5) is 5.69 Å². The lowest BCUT2D eigenvalue weighted by molar-refractivity contribution is -0.118. The summed E-state index contributed by atoms with van der Waals surface area (Å²) in [7, 11) is 1.27. The molecule has 0 aliphatic heterocycles. The average Bonchev–Trinajstić information content (AvgIpc) is 2.28. The summed E-state index contributed by atoms with van der Waals surface area (Å²) in [4.78, 5) is 25.8. The number of hydrogen-bond donors (Lipinski definition) is 2. The first-order valence-corrected chi connectivity index (χ1v) is 4.65. The van der Waals surface area contributed by atoms with Crippen LogP contribution in [0.1, 0.15) is 17.4 Å². The minimum absolute atomic E-state index is 0.171. The molecule has 86 valence electrons. The van der Waals surface area contributed by atoms with Gasteiger partial charge < -0.3 is 15.8 Å². The Morgan fingerprint density at radius 2 is 2.25 bits per heavy atom. The number of ether oxygens (including phenoxy) is 1. The van der Waals surface area contributed by atoms with Crippen LogP contribution in [-0.4, -0.2) is 30.0 Å². The van der Waals surface area contributed by atoms with Gasteiger partial charge in [0.05, 0.1) is 7.11 Å². The van der Waals surface area contributed by atoms with Crippen LogP contribution in [0.15, 0.2) is 18.3 Å². The molecule has 0 spiro atoms. The SMILES string of the molecule is COC(=O)c1cc(NC(C)C(N)=O)ccn1. The Bertz CT molecular complexity index is 406. The maximum atomic E-state index is 11.2. The first-order chi connectivity index (χ1) is 7.54. The molecule has 16 heavy (non-hydrogen) atoms. The quantitative estimate of drug-likeness (QED) is 0.709. The zero-order valence-electron chi connectivity index (χ0n) is 9.06. The summed E-state index contributed by atoms with van der Waals surface area (Å²) < 4.78 is 4.52. The second kappa shape index (κ2) is 5.11. The summed E-state index contributed by atoms with van der Waals surface area (Å²) in [5.74, 6) is -1.01. The summed E-state index contributed by atoms with van der Waals surface area (Å²) in [5.41, 5.74) is 5.85. The summed E-state index contributed by atoms with van der Waals surface area (Å²) in [6, 6.07) is 2.60. The van der Waals surface area contributed by atoms with Crippen molar-refractivity contribution in [2.75, 3.05) is 12.4 Å². The second-order valence-corrected chi connectivity index (χ2v) is 3.19. The maximum absolute atomic E-state index is 11.2. The molecule has 0 saturated carbocycles. The van der Waals surface area contributed by atoms with E-state index in [-0.39, 0.29) is 5.69 Å². The lowest BCUT2D eigenvalue weighted by Gasteiger charge is -2.11. The normalized spacial score (nSPS) is 11.6. The lowest BCUT2D eigenvalue weighted by Crippen LogP contribution is -2.32. The van der Waals surface area contributed by atoms with Crippen LogP contribution in [0.3, 0.4) is 0 Å². The van der Waals surface area contributed by atoms with Gasteiger partial charge in [0, 0.05) is 11.9 Å². The number of esters is 1. The average molecular weight is 223 g/mol. The van der Waals surface area contributed by atoms with E-state index < -0.39 is 17.9 Å². The van der Waals surface area contributed by atoms with Gasteiger partial charge in [-0.3, -0.25) is 4.79 Å². The van der Waals surface area contributed by atoms with Crippen LogP contribution in [0.2, 0.25) is 0 Å². The predicted octanol–water partition coefficient (Wildman–Crippen LogP) is 0.154. The Labute approximate surface area is 92.8 Å². The molecule has 1 atom stereocenters. The third-order valence-electron chi connectivity index (χ3n) is 1.96. The number of methoxy groups -OCH3 is 1. The van der Waals surface area contributed by atoms with Crippen LogP contribution >= 0.6 is 0 Å². The fourth-order valence-corrected chi connectivity index (χ4v) is 1.06. The van der Waals surface area contributed by atoms with Crippen molar-refractivity contribution in [1.82, 2.24) is 4.98 Å². The van der Waals surface area contributed by atoms with E-state index in [4.69, 9.17) is 5.73 Å². The fraction of sp³-hybridized carbons (Fsp3) is 0.300. The number of anilines is 1. The largest absolute Gasteiger partial charge is 0.464 e. The van der Waals surface area contributed by atoms with Gasteiger partial charge >= 0.3 is 5.97 Å². The number of nitrogens with zero attached hydrogens (tertiary/aromatic N) is 1. The van der Waals surface area contributed by atoms with Crippen LogP contribution < -0.4 is 11.1 Å². The van der Waals surface area contributed by atoms with Crippen molar-refractivity contribution < 1.29 is 14.3 Å². The molecule has 1 amide bonds. The van der Waals surface area contributed by atoms with E-state index in [0.717, 1.165) is 0 Å². The van der Waals surface area contributed by atoms with Crippen molar-refractivity contribution in [3.05, 3.63) is 24.0 Å². The number of nitrogens with two attached hydrogens (primary N) is 1. The van der Waals surface area contributed by atoms with Gasteiger partial charge in [-0.1, -0.05) is 0 Å². The molecule has 0 saturated heterocycles. The molecule has 0 radical (unpaired) electrons. The highest BCUT2D eigenvalue weighted by atomic mass is 16.5. The molecule has 1 unspecified atom stereocenters. The number of amides is 1. The zero-order chi connectivity index (χ0) is 12.1.